The number of nitrogens with zero attached hydrogens (tertiary/aromatic N) is 2. The number of aryl methyl sites for hydroxylation is 2. The molecule has 1 aliphatic carbocycles. The first-order chi connectivity index (χ1) is 13.5. The van der Waals surface area contributed by atoms with Gasteiger partial charge in [-0.2, -0.15) is 5.10 Å². The fraction of sp³-hybridized carbons (Fsp3) is 0.474. The smallest absolute Gasteiger partial charge is 0.267 e. The van der Waals surface area contributed by atoms with Crippen molar-refractivity contribution in [2.45, 2.75) is 32.2 Å². The molecule has 9 heteroatoms. The zero-order valence-corrected chi connectivity index (χ0v) is 16.7. The van der Waals surface area contributed by atoms with Crippen LogP contribution in [0.4, 0.5) is 0 Å². The summed E-state index contributed by atoms with van der Waals surface area (Å²) in [5, 5.41) is 4.38. The first-order valence-corrected chi connectivity index (χ1v) is 11.0. The molecule has 1 N–H and O–H groups in total. The standard InChI is InChI=1S/C19H25N3O5S/c1-26-16-6-8-17(9-7-16)27-12-13-28(24,25)20-10-11-22-19(23)14-15-4-2-3-5-18(15)21-22/h6-9,14,20H,2-5,10-13H2,1H3. The molecule has 0 bridgehead atoms. The van der Waals surface area contributed by atoms with E-state index < -0.39 is 10.0 Å². The zero-order chi connectivity index (χ0) is 20.0. The summed E-state index contributed by atoms with van der Waals surface area (Å²) < 4.78 is 38.5. The van der Waals surface area contributed by atoms with Gasteiger partial charge in [-0.05, 0) is 55.5 Å². The normalized spacial score (nSPS) is 13.8. The maximum Gasteiger partial charge on any atom is 0.267 e. The van der Waals surface area contributed by atoms with E-state index in [2.05, 4.69) is 9.82 Å². The fourth-order valence-electron chi connectivity index (χ4n) is 3.08. The SMILES string of the molecule is COc1ccc(OCCS(=O)(=O)NCCn2nc3c(cc2=O)CCCC3)cc1. The van der Waals surface area contributed by atoms with E-state index in [0.29, 0.717) is 11.5 Å². The molecular formula is C19H25N3O5S. The minimum absolute atomic E-state index is 0.0265. The molecule has 0 amide bonds. The van der Waals surface area contributed by atoms with Crippen molar-refractivity contribution in [2.24, 2.45) is 0 Å². The highest BCUT2D eigenvalue weighted by atomic mass is 32.2. The summed E-state index contributed by atoms with van der Waals surface area (Å²) in [7, 11) is -1.94. The predicted molar refractivity (Wildman–Crippen MR) is 105 cm³/mol. The number of sulfonamides is 1. The van der Waals surface area contributed by atoms with Crippen molar-refractivity contribution < 1.29 is 17.9 Å². The number of fused-ring (bicyclic) bond motifs is 1. The average Bonchev–Trinajstić information content (AvgIpc) is 2.68. The molecule has 0 saturated carbocycles. The third-order valence-electron chi connectivity index (χ3n) is 4.60. The van der Waals surface area contributed by atoms with Crippen LogP contribution in [0.5, 0.6) is 11.5 Å². The van der Waals surface area contributed by atoms with Gasteiger partial charge in [-0.15, -0.1) is 0 Å². The number of hydrogen-bond acceptors (Lipinski definition) is 6. The van der Waals surface area contributed by atoms with Gasteiger partial charge in [0.1, 0.15) is 18.1 Å². The highest BCUT2D eigenvalue weighted by molar-refractivity contribution is 7.89. The minimum atomic E-state index is -3.51. The van der Waals surface area contributed by atoms with Crippen molar-refractivity contribution in [3.63, 3.8) is 0 Å². The van der Waals surface area contributed by atoms with Gasteiger partial charge in [0.25, 0.3) is 5.56 Å². The summed E-state index contributed by atoms with van der Waals surface area (Å²) in [5.74, 6) is 1.10. The zero-order valence-electron chi connectivity index (χ0n) is 15.9. The number of rotatable bonds is 9. The Morgan fingerprint density at radius 3 is 2.61 bits per heavy atom. The maximum absolute atomic E-state index is 12.1. The molecule has 0 atom stereocenters. The van der Waals surface area contributed by atoms with Gasteiger partial charge >= 0.3 is 0 Å². The van der Waals surface area contributed by atoms with Gasteiger partial charge in [0, 0.05) is 12.6 Å². The molecule has 0 aliphatic heterocycles. The molecule has 0 radical (unpaired) electrons. The molecule has 0 unspecified atom stereocenters. The Morgan fingerprint density at radius 1 is 1.14 bits per heavy atom. The van der Waals surface area contributed by atoms with E-state index in [9.17, 15) is 13.2 Å². The molecule has 3 rings (SSSR count). The van der Waals surface area contributed by atoms with E-state index in [0.717, 1.165) is 36.9 Å². The average molecular weight is 407 g/mol. The minimum Gasteiger partial charge on any atom is -0.497 e. The van der Waals surface area contributed by atoms with Crippen LogP contribution in [0.1, 0.15) is 24.1 Å². The Bertz CT molecular complexity index is 955. The lowest BCUT2D eigenvalue weighted by molar-refractivity contribution is 0.339. The number of nitrogens with one attached hydrogen (secondary N) is 1. The second-order valence-corrected chi connectivity index (χ2v) is 8.55. The Labute approximate surface area is 164 Å². The van der Waals surface area contributed by atoms with Gasteiger partial charge in [-0.3, -0.25) is 4.79 Å². The number of ether oxygens (including phenoxy) is 2. The lowest BCUT2D eigenvalue weighted by Crippen LogP contribution is -2.35. The first kappa shape index (κ1) is 20.3. The highest BCUT2D eigenvalue weighted by Crippen LogP contribution is 2.17. The Morgan fingerprint density at radius 2 is 1.86 bits per heavy atom. The fourth-order valence-corrected chi connectivity index (χ4v) is 3.93. The second kappa shape index (κ2) is 9.20. The Hall–Kier alpha value is -2.39. The van der Waals surface area contributed by atoms with Crippen molar-refractivity contribution in [2.75, 3.05) is 26.0 Å². The highest BCUT2D eigenvalue weighted by Gasteiger charge is 2.14. The molecule has 28 heavy (non-hydrogen) atoms. The van der Waals surface area contributed by atoms with E-state index >= 15 is 0 Å². The van der Waals surface area contributed by atoms with E-state index in [1.165, 1.54) is 4.68 Å². The maximum atomic E-state index is 12.1. The Kier molecular flexibility index (Phi) is 6.69. The molecule has 1 aliphatic rings. The van der Waals surface area contributed by atoms with Crippen molar-refractivity contribution in [3.05, 3.63) is 51.9 Å². The number of aromatic nitrogens is 2. The van der Waals surface area contributed by atoms with Crippen LogP contribution in [0.25, 0.3) is 0 Å². The molecule has 0 spiro atoms. The van der Waals surface area contributed by atoms with Crippen molar-refractivity contribution >= 4 is 10.0 Å². The van der Waals surface area contributed by atoms with Gasteiger partial charge < -0.3 is 9.47 Å². The van der Waals surface area contributed by atoms with Crippen molar-refractivity contribution in [1.82, 2.24) is 14.5 Å². The van der Waals surface area contributed by atoms with E-state index in [-0.39, 0.29) is 31.0 Å². The number of methoxy groups -OCH3 is 1. The van der Waals surface area contributed by atoms with Crippen LogP contribution in [0.3, 0.4) is 0 Å². The van der Waals surface area contributed by atoms with E-state index in [4.69, 9.17) is 9.47 Å². The summed E-state index contributed by atoms with van der Waals surface area (Å²) in [6.45, 7) is 0.333. The van der Waals surface area contributed by atoms with Crippen LogP contribution < -0.4 is 19.8 Å². The van der Waals surface area contributed by atoms with Crippen LogP contribution in [0.2, 0.25) is 0 Å². The van der Waals surface area contributed by atoms with Gasteiger partial charge in [-0.25, -0.2) is 17.8 Å². The summed E-state index contributed by atoms with van der Waals surface area (Å²) in [6.07, 6.45) is 3.90. The van der Waals surface area contributed by atoms with Crippen molar-refractivity contribution in [1.29, 1.82) is 0 Å². The monoisotopic (exact) mass is 407 g/mol. The molecule has 0 fully saturated rings. The van der Waals surface area contributed by atoms with E-state index in [1.54, 1.807) is 37.4 Å². The Balaban J connectivity index is 1.46. The van der Waals surface area contributed by atoms with Gasteiger partial charge in [-0.1, -0.05) is 0 Å². The lowest BCUT2D eigenvalue weighted by Gasteiger charge is -2.16. The van der Waals surface area contributed by atoms with Crippen molar-refractivity contribution in [3.8, 4) is 11.5 Å². The molecule has 152 valence electrons. The van der Waals surface area contributed by atoms with Gasteiger partial charge in [0.15, 0.2) is 0 Å². The van der Waals surface area contributed by atoms with Crippen LogP contribution in [-0.2, 0) is 29.4 Å². The molecule has 2 aromatic rings. The molecular weight excluding hydrogens is 382 g/mol. The molecule has 1 heterocycles. The lowest BCUT2D eigenvalue weighted by atomic mass is 9.97. The molecule has 8 nitrogen and oxygen atoms in total. The van der Waals surface area contributed by atoms with Gasteiger partial charge in [0.2, 0.25) is 10.0 Å². The van der Waals surface area contributed by atoms with Crippen LogP contribution >= 0.6 is 0 Å². The summed E-state index contributed by atoms with van der Waals surface area (Å²) >= 11 is 0. The van der Waals surface area contributed by atoms with Crippen LogP contribution in [-0.4, -0.2) is 44.2 Å². The van der Waals surface area contributed by atoms with Crippen LogP contribution in [0, 0.1) is 0 Å². The topological polar surface area (TPSA) is 99.5 Å². The third-order valence-corrected chi connectivity index (χ3v) is 5.95. The third kappa shape index (κ3) is 5.56. The predicted octanol–water partition coefficient (Wildman–Crippen LogP) is 1.13. The number of hydrogen-bond donors (Lipinski definition) is 1. The number of benzene rings is 1. The first-order valence-electron chi connectivity index (χ1n) is 9.31. The summed E-state index contributed by atoms with van der Waals surface area (Å²) in [5.41, 5.74) is 1.77. The summed E-state index contributed by atoms with van der Waals surface area (Å²) in [4.78, 5) is 12.1. The van der Waals surface area contributed by atoms with Gasteiger partial charge in [0.05, 0.1) is 25.1 Å². The quantitative estimate of drug-likeness (QED) is 0.669. The molecule has 0 saturated heterocycles. The largest absolute Gasteiger partial charge is 0.497 e. The molecule has 1 aromatic heterocycles. The second-order valence-electron chi connectivity index (χ2n) is 6.62. The summed E-state index contributed by atoms with van der Waals surface area (Å²) in [6, 6.07) is 8.54. The molecule has 1 aromatic carbocycles. The van der Waals surface area contributed by atoms with E-state index in [1.807, 2.05) is 0 Å². The van der Waals surface area contributed by atoms with Crippen LogP contribution in [0.15, 0.2) is 35.1 Å².